The van der Waals surface area contributed by atoms with E-state index in [4.69, 9.17) is 11.6 Å². The molecule has 13 heavy (non-hydrogen) atoms. The van der Waals surface area contributed by atoms with Crippen molar-refractivity contribution in [1.29, 1.82) is 0 Å². The molecule has 0 heterocycles. The van der Waals surface area contributed by atoms with Crippen molar-refractivity contribution in [1.82, 2.24) is 0 Å². The average molecular weight is 191 g/mol. The summed E-state index contributed by atoms with van der Waals surface area (Å²) in [6, 6.07) is 0. The Morgan fingerprint density at radius 2 is 1.62 bits per heavy atom. The van der Waals surface area contributed by atoms with E-state index in [0.717, 1.165) is 5.03 Å². The second kappa shape index (κ2) is 2.62. The fourth-order valence-corrected chi connectivity index (χ4v) is 2.96. The summed E-state index contributed by atoms with van der Waals surface area (Å²) in [6.07, 6.45) is 15.6. The van der Waals surface area contributed by atoms with Gasteiger partial charge in [0.1, 0.15) is 0 Å². The van der Waals surface area contributed by atoms with Crippen LogP contribution in [0, 0.1) is 23.7 Å². The van der Waals surface area contributed by atoms with Crippen molar-refractivity contribution in [3.63, 3.8) is 0 Å². The molecule has 3 aliphatic carbocycles. The molecule has 0 amide bonds. The van der Waals surface area contributed by atoms with E-state index in [1.165, 1.54) is 0 Å². The highest BCUT2D eigenvalue weighted by atomic mass is 35.5. The molecule has 0 saturated carbocycles. The van der Waals surface area contributed by atoms with E-state index in [0.29, 0.717) is 23.7 Å². The van der Waals surface area contributed by atoms with Crippen molar-refractivity contribution in [2.75, 3.05) is 0 Å². The third-order valence-electron chi connectivity index (χ3n) is 3.28. The summed E-state index contributed by atoms with van der Waals surface area (Å²) in [7, 11) is 0. The number of hydrogen-bond acceptors (Lipinski definition) is 0. The second-order valence-corrected chi connectivity index (χ2v) is 4.40. The number of rotatable bonds is 0. The maximum Gasteiger partial charge on any atom is 0.0190 e. The number of hydrogen-bond donors (Lipinski definition) is 0. The molecule has 66 valence electrons. The van der Waals surface area contributed by atoms with Crippen molar-refractivity contribution < 1.29 is 0 Å². The van der Waals surface area contributed by atoms with Crippen molar-refractivity contribution in [2.24, 2.45) is 23.7 Å². The van der Waals surface area contributed by atoms with Crippen LogP contribution in [-0.4, -0.2) is 0 Å². The van der Waals surface area contributed by atoms with Gasteiger partial charge in [-0.15, -0.1) is 0 Å². The summed E-state index contributed by atoms with van der Waals surface area (Å²) in [5.41, 5.74) is 0. The van der Waals surface area contributed by atoms with Gasteiger partial charge in [-0.2, -0.15) is 0 Å². The molecule has 1 heteroatoms. The Morgan fingerprint density at radius 3 is 2.38 bits per heavy atom. The first-order chi connectivity index (χ1) is 6.36. The third kappa shape index (κ3) is 0.986. The molecule has 0 radical (unpaired) electrons. The molecule has 4 atom stereocenters. The molecule has 3 aliphatic rings. The summed E-state index contributed by atoms with van der Waals surface area (Å²) in [6.45, 7) is 0. The van der Waals surface area contributed by atoms with Crippen LogP contribution in [0.25, 0.3) is 0 Å². The highest BCUT2D eigenvalue weighted by Gasteiger charge is 2.41. The van der Waals surface area contributed by atoms with E-state index >= 15 is 0 Å². The summed E-state index contributed by atoms with van der Waals surface area (Å²) in [4.78, 5) is 0. The fourth-order valence-electron chi connectivity index (χ4n) is 2.52. The molecule has 0 saturated heterocycles. The quantitative estimate of drug-likeness (QED) is 0.515. The van der Waals surface area contributed by atoms with Gasteiger partial charge in [-0.05, 0) is 5.92 Å². The molecule has 0 fully saturated rings. The second-order valence-electron chi connectivity index (χ2n) is 3.96. The predicted molar refractivity (Wildman–Crippen MR) is 55.3 cm³/mol. The predicted octanol–water partition coefficient (Wildman–Crippen LogP) is 3.28. The zero-order valence-electron chi connectivity index (χ0n) is 7.23. The smallest absolute Gasteiger partial charge is 0.0190 e. The lowest BCUT2D eigenvalue weighted by Gasteiger charge is -2.43. The molecule has 0 nitrogen and oxygen atoms in total. The van der Waals surface area contributed by atoms with E-state index < -0.39 is 0 Å². The number of allylic oxidation sites excluding steroid dienone is 8. The van der Waals surface area contributed by atoms with Gasteiger partial charge in [0.15, 0.2) is 0 Å². The summed E-state index contributed by atoms with van der Waals surface area (Å²) < 4.78 is 0. The normalized spacial score (nSPS) is 47.3. The monoisotopic (exact) mass is 190 g/mol. The largest absolute Gasteiger partial charge is 0.0891 e. The Labute approximate surface area is 83.3 Å². The Balaban J connectivity index is 2.08. The van der Waals surface area contributed by atoms with E-state index in [9.17, 15) is 0 Å². The Morgan fingerprint density at radius 1 is 0.923 bits per heavy atom. The van der Waals surface area contributed by atoms with Crippen LogP contribution in [0.2, 0.25) is 0 Å². The molecule has 3 rings (SSSR count). The highest BCUT2D eigenvalue weighted by molar-refractivity contribution is 6.30. The van der Waals surface area contributed by atoms with Crippen LogP contribution >= 0.6 is 11.6 Å². The molecule has 0 aromatic rings. The van der Waals surface area contributed by atoms with Crippen LogP contribution in [0.4, 0.5) is 0 Å². The van der Waals surface area contributed by atoms with Gasteiger partial charge in [0.05, 0.1) is 0 Å². The van der Waals surface area contributed by atoms with Crippen molar-refractivity contribution in [3.8, 4) is 0 Å². The van der Waals surface area contributed by atoms with Crippen LogP contribution in [0.3, 0.4) is 0 Å². The molecule has 0 aromatic carbocycles. The lowest BCUT2D eigenvalue weighted by atomic mass is 9.63. The van der Waals surface area contributed by atoms with Gasteiger partial charge in [0.25, 0.3) is 0 Å². The van der Waals surface area contributed by atoms with Gasteiger partial charge in [-0.1, -0.05) is 54.1 Å². The molecular weight excluding hydrogens is 180 g/mol. The SMILES string of the molecule is ClC1=C[C@H]2[C@H]1[C@@H]1C=C/C=C/[C@@H]2C=C1. The first kappa shape index (κ1) is 7.64. The van der Waals surface area contributed by atoms with Crippen molar-refractivity contribution >= 4 is 11.6 Å². The van der Waals surface area contributed by atoms with Crippen LogP contribution in [0.1, 0.15) is 0 Å². The van der Waals surface area contributed by atoms with Crippen LogP contribution in [0.5, 0.6) is 0 Å². The van der Waals surface area contributed by atoms with Gasteiger partial charge in [-0.25, -0.2) is 0 Å². The molecule has 2 bridgehead atoms. The molecular formula is C12H11Cl. The van der Waals surface area contributed by atoms with Gasteiger partial charge >= 0.3 is 0 Å². The minimum atomic E-state index is 0.531. The first-order valence-electron chi connectivity index (χ1n) is 4.77. The Hall–Kier alpha value is -0.750. The lowest BCUT2D eigenvalue weighted by molar-refractivity contribution is 0.304. The number of halogens is 1. The highest BCUT2D eigenvalue weighted by Crippen LogP contribution is 2.50. The minimum absolute atomic E-state index is 0.531. The van der Waals surface area contributed by atoms with E-state index in [1.807, 2.05) is 0 Å². The molecule has 0 unspecified atom stereocenters. The zero-order chi connectivity index (χ0) is 8.84. The first-order valence-corrected chi connectivity index (χ1v) is 5.14. The average Bonchev–Trinajstić information content (AvgIpc) is 2.06. The Bertz CT molecular complexity index is 346. The summed E-state index contributed by atoms with van der Waals surface area (Å²) in [5.74, 6) is 2.33. The lowest BCUT2D eigenvalue weighted by Crippen LogP contribution is -2.36. The van der Waals surface area contributed by atoms with E-state index in [1.54, 1.807) is 0 Å². The van der Waals surface area contributed by atoms with Gasteiger partial charge in [-0.3, -0.25) is 0 Å². The Kier molecular flexibility index (Phi) is 1.54. The van der Waals surface area contributed by atoms with Crippen LogP contribution in [0.15, 0.2) is 47.6 Å². The molecule has 0 aromatic heterocycles. The zero-order valence-corrected chi connectivity index (χ0v) is 7.98. The van der Waals surface area contributed by atoms with Crippen LogP contribution in [-0.2, 0) is 0 Å². The van der Waals surface area contributed by atoms with Gasteiger partial charge in [0, 0.05) is 22.8 Å². The molecule has 0 N–H and O–H groups in total. The molecule has 0 aliphatic heterocycles. The fraction of sp³-hybridized carbons (Fsp3) is 0.333. The summed E-state index contributed by atoms with van der Waals surface area (Å²) in [5, 5.41) is 1.06. The summed E-state index contributed by atoms with van der Waals surface area (Å²) >= 11 is 6.11. The standard InChI is InChI=1S/C12H11Cl/c13-11-7-10-8-3-1-2-4-9(6-5-8)12(10)11/h1-10,12H/b3-1+,4-2?/t8-,9-,10-,12-/m1/s1. The maximum absolute atomic E-state index is 6.11. The van der Waals surface area contributed by atoms with Gasteiger partial charge < -0.3 is 0 Å². The van der Waals surface area contributed by atoms with Crippen molar-refractivity contribution in [2.45, 2.75) is 0 Å². The third-order valence-corrected chi connectivity index (χ3v) is 3.66. The molecule has 0 spiro atoms. The van der Waals surface area contributed by atoms with Crippen LogP contribution < -0.4 is 0 Å². The van der Waals surface area contributed by atoms with Crippen molar-refractivity contribution in [3.05, 3.63) is 47.6 Å². The topological polar surface area (TPSA) is 0 Å². The van der Waals surface area contributed by atoms with E-state index in [-0.39, 0.29) is 0 Å². The minimum Gasteiger partial charge on any atom is -0.0891 e. The maximum atomic E-state index is 6.11. The van der Waals surface area contributed by atoms with Gasteiger partial charge in [0.2, 0.25) is 0 Å². The van der Waals surface area contributed by atoms with E-state index in [2.05, 4.69) is 42.5 Å².